The number of rotatable bonds is 10. The van der Waals surface area contributed by atoms with Gasteiger partial charge in [-0.2, -0.15) is 0 Å². The lowest BCUT2D eigenvalue weighted by Crippen LogP contribution is -2.38. The molecule has 172 valence electrons. The van der Waals surface area contributed by atoms with E-state index in [-0.39, 0.29) is 24.3 Å². The van der Waals surface area contributed by atoms with Gasteiger partial charge in [0.15, 0.2) is 11.5 Å². The van der Waals surface area contributed by atoms with E-state index in [9.17, 15) is 24.3 Å². The minimum atomic E-state index is -1.36. The third-order valence-electron chi connectivity index (χ3n) is 4.21. The molecule has 0 radical (unpaired) electrons. The molecule has 31 heavy (non-hydrogen) atoms. The summed E-state index contributed by atoms with van der Waals surface area (Å²) in [4.78, 5) is 46.3. The molecule has 0 saturated heterocycles. The van der Waals surface area contributed by atoms with Crippen molar-refractivity contribution in [1.82, 2.24) is 0 Å². The third-order valence-corrected chi connectivity index (χ3v) is 4.21. The number of benzene rings is 1. The smallest absolute Gasteiger partial charge is 0.480 e. The van der Waals surface area contributed by atoms with Gasteiger partial charge >= 0.3 is 24.2 Å². The van der Waals surface area contributed by atoms with E-state index in [2.05, 4.69) is 9.47 Å². The monoisotopic (exact) mass is 441 g/mol. The van der Waals surface area contributed by atoms with Crippen LogP contribution in [0.2, 0.25) is 0 Å². The Kier molecular flexibility index (Phi) is 10.3. The van der Waals surface area contributed by atoms with Gasteiger partial charge in [0, 0.05) is 12.3 Å². The second-order valence-electron chi connectivity index (χ2n) is 6.58. The Balaban J connectivity index is 3.27. The van der Waals surface area contributed by atoms with Crippen LogP contribution in [0.1, 0.15) is 44.6 Å². The van der Waals surface area contributed by atoms with Crippen LogP contribution in [0.3, 0.4) is 0 Å². The highest BCUT2D eigenvalue weighted by Crippen LogP contribution is 2.35. The van der Waals surface area contributed by atoms with Crippen molar-refractivity contribution in [1.29, 1.82) is 0 Å². The van der Waals surface area contributed by atoms with Crippen LogP contribution in [0.5, 0.6) is 11.5 Å². The third kappa shape index (κ3) is 8.13. The second kappa shape index (κ2) is 12.4. The molecule has 0 heterocycles. The average molecular weight is 441 g/mol. The second-order valence-corrected chi connectivity index (χ2v) is 6.58. The highest BCUT2D eigenvalue weighted by molar-refractivity contribution is 5.75. The molecule has 0 aliphatic rings. The predicted octanol–water partition coefficient (Wildman–Crippen LogP) is 2.59. The summed E-state index contributed by atoms with van der Waals surface area (Å²) >= 11 is 0. The summed E-state index contributed by atoms with van der Waals surface area (Å²) in [6, 6.07) is 2.69. The molecule has 0 aromatic heterocycles. The normalized spacial score (nSPS) is 13.3. The molecule has 11 heteroatoms. The van der Waals surface area contributed by atoms with Crippen molar-refractivity contribution in [3.63, 3.8) is 0 Å². The number of nitrogens with two attached hydrogens (primary N) is 1. The molecular formula is C20H27NO10. The maximum absolute atomic E-state index is 11.8. The molecule has 1 aromatic rings. The molecule has 0 bridgehead atoms. The number of carbonyl (C=O) groups is 4. The summed E-state index contributed by atoms with van der Waals surface area (Å²) in [6.07, 6.45) is -1.86. The van der Waals surface area contributed by atoms with Gasteiger partial charge in [0.1, 0.15) is 6.04 Å². The van der Waals surface area contributed by atoms with Crippen molar-refractivity contribution >= 4 is 24.2 Å². The Labute approximate surface area is 179 Å². The summed E-state index contributed by atoms with van der Waals surface area (Å²) in [5, 5.41) is 9.43. The van der Waals surface area contributed by atoms with Crippen molar-refractivity contribution < 1.29 is 48.0 Å². The van der Waals surface area contributed by atoms with E-state index >= 15 is 0 Å². The van der Waals surface area contributed by atoms with E-state index in [1.807, 2.05) is 6.92 Å². The first-order valence-electron chi connectivity index (χ1n) is 9.46. The van der Waals surface area contributed by atoms with Crippen LogP contribution in [0.4, 0.5) is 9.59 Å². The first-order chi connectivity index (χ1) is 14.6. The highest BCUT2D eigenvalue weighted by atomic mass is 16.7. The maximum atomic E-state index is 11.8. The van der Waals surface area contributed by atoms with Gasteiger partial charge in [-0.1, -0.05) is 13.0 Å². The van der Waals surface area contributed by atoms with E-state index in [1.54, 1.807) is 6.92 Å². The van der Waals surface area contributed by atoms with Crippen LogP contribution in [0.25, 0.3) is 0 Å². The zero-order valence-corrected chi connectivity index (χ0v) is 17.8. The molecule has 3 atom stereocenters. The van der Waals surface area contributed by atoms with Crippen LogP contribution >= 0.6 is 0 Å². The zero-order chi connectivity index (χ0) is 23.6. The zero-order valence-electron chi connectivity index (χ0n) is 17.8. The van der Waals surface area contributed by atoms with Crippen molar-refractivity contribution in [2.45, 2.75) is 51.2 Å². The number of carboxylic acids is 1. The highest BCUT2D eigenvalue weighted by Gasteiger charge is 2.30. The first-order valence-corrected chi connectivity index (χ1v) is 9.46. The van der Waals surface area contributed by atoms with Crippen LogP contribution < -0.4 is 15.2 Å². The van der Waals surface area contributed by atoms with E-state index in [0.717, 1.165) is 14.2 Å². The van der Waals surface area contributed by atoms with Gasteiger partial charge in [-0.05, 0) is 37.5 Å². The summed E-state index contributed by atoms with van der Waals surface area (Å²) in [5.74, 6) is -2.88. The fraction of sp³-hybridized carbons (Fsp3) is 0.500. The minimum absolute atomic E-state index is 0.0811. The Morgan fingerprint density at radius 2 is 1.61 bits per heavy atom. The van der Waals surface area contributed by atoms with Crippen molar-refractivity contribution in [2.24, 2.45) is 5.73 Å². The number of esters is 1. The van der Waals surface area contributed by atoms with E-state index in [1.165, 1.54) is 18.2 Å². The summed E-state index contributed by atoms with van der Waals surface area (Å²) in [7, 11) is 2.18. The molecule has 2 unspecified atom stereocenters. The van der Waals surface area contributed by atoms with Gasteiger partial charge < -0.3 is 34.5 Å². The van der Waals surface area contributed by atoms with Gasteiger partial charge in [0.2, 0.25) is 0 Å². The molecule has 0 fully saturated rings. The number of hydrogen-bond acceptors (Lipinski definition) is 10. The molecule has 0 amide bonds. The largest absolute Gasteiger partial charge is 0.513 e. The topological polar surface area (TPSA) is 161 Å². The SMILES string of the molecule is CCCC(=O)OC(C)CC(c1ccc(OC(=O)OC)c(OC(=O)OC)c1)[C@H](N)C(=O)O. The quantitative estimate of drug-likeness (QED) is 0.312. The fourth-order valence-corrected chi connectivity index (χ4v) is 2.74. The lowest BCUT2D eigenvalue weighted by atomic mass is 9.87. The molecule has 0 aliphatic heterocycles. The Morgan fingerprint density at radius 3 is 2.13 bits per heavy atom. The molecule has 3 N–H and O–H groups in total. The van der Waals surface area contributed by atoms with Crippen LogP contribution in [0, 0.1) is 0 Å². The van der Waals surface area contributed by atoms with Crippen LogP contribution in [0.15, 0.2) is 18.2 Å². The predicted molar refractivity (Wildman–Crippen MR) is 106 cm³/mol. The fourth-order valence-electron chi connectivity index (χ4n) is 2.74. The minimum Gasteiger partial charge on any atom is -0.480 e. The summed E-state index contributed by atoms with van der Waals surface area (Å²) in [6.45, 7) is 3.45. The average Bonchev–Trinajstić information content (AvgIpc) is 2.72. The molecular weight excluding hydrogens is 414 g/mol. The maximum Gasteiger partial charge on any atom is 0.513 e. The molecule has 1 rings (SSSR count). The number of ether oxygens (including phenoxy) is 5. The number of hydrogen-bond donors (Lipinski definition) is 2. The lowest BCUT2D eigenvalue weighted by molar-refractivity contribution is -0.148. The van der Waals surface area contributed by atoms with Gasteiger partial charge in [-0.3, -0.25) is 9.59 Å². The Morgan fingerprint density at radius 1 is 1.03 bits per heavy atom. The van der Waals surface area contributed by atoms with Crippen LogP contribution in [-0.2, 0) is 23.8 Å². The Hall–Kier alpha value is -3.34. The molecule has 0 aliphatic carbocycles. The molecule has 11 nitrogen and oxygen atoms in total. The van der Waals surface area contributed by atoms with Gasteiger partial charge in [-0.15, -0.1) is 0 Å². The summed E-state index contributed by atoms with van der Waals surface area (Å²) < 4.78 is 24.1. The Bertz CT molecular complexity index is 794. The molecule has 0 saturated carbocycles. The number of carboxylic acid groups (broad SMARTS) is 1. The van der Waals surface area contributed by atoms with Crippen molar-refractivity contribution in [2.75, 3.05) is 14.2 Å². The van der Waals surface area contributed by atoms with Gasteiger partial charge in [-0.25, -0.2) is 9.59 Å². The lowest BCUT2D eigenvalue weighted by Gasteiger charge is -2.25. The van der Waals surface area contributed by atoms with Gasteiger partial charge in [0.05, 0.1) is 20.3 Å². The first kappa shape index (κ1) is 25.7. The van der Waals surface area contributed by atoms with Crippen molar-refractivity contribution in [3.05, 3.63) is 23.8 Å². The standard InChI is InChI=1S/C20H27NO10/c1-5-6-16(22)29-11(2)9-13(17(21)18(23)24)12-7-8-14(30-19(25)27-3)15(10-12)31-20(26)28-4/h7-8,10-11,13,17H,5-6,9,21H2,1-4H3,(H,23,24)/t11?,13?,17-/m0/s1. The van der Waals surface area contributed by atoms with Crippen LogP contribution in [-0.4, -0.2) is 55.7 Å². The molecule has 0 spiro atoms. The van der Waals surface area contributed by atoms with Crippen molar-refractivity contribution in [3.8, 4) is 11.5 Å². The number of aliphatic carboxylic acids is 1. The molecule has 1 aromatic carbocycles. The number of carbonyl (C=O) groups excluding carboxylic acids is 3. The van der Waals surface area contributed by atoms with E-state index in [0.29, 0.717) is 12.0 Å². The van der Waals surface area contributed by atoms with E-state index in [4.69, 9.17) is 19.9 Å². The summed E-state index contributed by atoms with van der Waals surface area (Å²) in [5.41, 5.74) is 6.22. The van der Waals surface area contributed by atoms with E-state index < -0.39 is 42.3 Å². The van der Waals surface area contributed by atoms with Gasteiger partial charge in [0.25, 0.3) is 0 Å². The number of methoxy groups -OCH3 is 2.